The molecule has 2 heterocycles. The second-order valence-corrected chi connectivity index (χ2v) is 6.86. The SMILES string of the molecule is Cc1ccc(-n2c(O)c(/C=C3\C=Nc4ccccc43)c(=O)[nH]c2=S)cc1C. The highest BCUT2D eigenvalue weighted by atomic mass is 32.1. The van der Waals surface area contributed by atoms with E-state index in [0.717, 1.165) is 28.0 Å². The maximum Gasteiger partial charge on any atom is 0.262 e. The van der Waals surface area contributed by atoms with E-state index in [-0.39, 0.29) is 16.2 Å². The smallest absolute Gasteiger partial charge is 0.262 e. The van der Waals surface area contributed by atoms with Gasteiger partial charge in [0, 0.05) is 17.4 Å². The quantitative estimate of drug-likeness (QED) is 0.649. The van der Waals surface area contributed by atoms with E-state index in [1.165, 1.54) is 4.57 Å². The first-order valence-electron chi connectivity index (χ1n) is 8.47. The van der Waals surface area contributed by atoms with E-state index in [9.17, 15) is 9.90 Å². The second-order valence-electron chi connectivity index (χ2n) is 6.48. The Morgan fingerprint density at radius 1 is 1.15 bits per heavy atom. The molecule has 0 aliphatic carbocycles. The summed E-state index contributed by atoms with van der Waals surface area (Å²) in [6, 6.07) is 13.4. The molecule has 134 valence electrons. The van der Waals surface area contributed by atoms with Crippen molar-refractivity contribution in [1.82, 2.24) is 9.55 Å². The molecule has 6 heteroatoms. The van der Waals surface area contributed by atoms with Crippen LogP contribution in [0.15, 0.2) is 52.3 Å². The number of rotatable bonds is 2. The number of para-hydroxylation sites is 1. The summed E-state index contributed by atoms with van der Waals surface area (Å²) in [5.41, 5.74) is 5.10. The van der Waals surface area contributed by atoms with Crippen LogP contribution in [0.25, 0.3) is 17.3 Å². The molecule has 0 bridgehead atoms. The highest BCUT2D eigenvalue weighted by molar-refractivity contribution is 7.71. The lowest BCUT2D eigenvalue weighted by Gasteiger charge is -2.13. The van der Waals surface area contributed by atoms with Gasteiger partial charge >= 0.3 is 0 Å². The third-order valence-electron chi connectivity index (χ3n) is 4.73. The molecule has 1 aliphatic rings. The first-order valence-corrected chi connectivity index (χ1v) is 8.87. The number of aromatic nitrogens is 2. The van der Waals surface area contributed by atoms with E-state index >= 15 is 0 Å². The highest BCUT2D eigenvalue weighted by Gasteiger charge is 2.16. The number of hydrogen-bond donors (Lipinski definition) is 2. The van der Waals surface area contributed by atoms with Gasteiger partial charge in [0.1, 0.15) is 5.56 Å². The van der Waals surface area contributed by atoms with Crippen LogP contribution in [0.3, 0.4) is 0 Å². The van der Waals surface area contributed by atoms with Crippen LogP contribution in [-0.2, 0) is 0 Å². The van der Waals surface area contributed by atoms with Crippen molar-refractivity contribution in [2.24, 2.45) is 4.99 Å². The summed E-state index contributed by atoms with van der Waals surface area (Å²) in [6.45, 7) is 4.00. The van der Waals surface area contributed by atoms with Gasteiger partial charge in [0.15, 0.2) is 4.77 Å². The summed E-state index contributed by atoms with van der Waals surface area (Å²) in [5.74, 6) is -0.197. The van der Waals surface area contributed by atoms with E-state index in [0.29, 0.717) is 5.69 Å². The van der Waals surface area contributed by atoms with Crippen molar-refractivity contribution in [3.8, 4) is 11.6 Å². The lowest BCUT2D eigenvalue weighted by atomic mass is 10.1. The molecule has 2 N–H and O–H groups in total. The van der Waals surface area contributed by atoms with Gasteiger partial charge in [0.25, 0.3) is 5.56 Å². The Balaban J connectivity index is 1.92. The minimum Gasteiger partial charge on any atom is -0.494 e. The van der Waals surface area contributed by atoms with E-state index in [2.05, 4.69) is 9.98 Å². The van der Waals surface area contributed by atoms with Gasteiger partial charge in [0.2, 0.25) is 5.88 Å². The number of allylic oxidation sites excluding steroid dienone is 1. The number of fused-ring (bicyclic) bond motifs is 1. The Morgan fingerprint density at radius 2 is 1.93 bits per heavy atom. The summed E-state index contributed by atoms with van der Waals surface area (Å²) in [5, 5.41) is 10.9. The zero-order valence-electron chi connectivity index (χ0n) is 14.9. The third kappa shape index (κ3) is 2.94. The van der Waals surface area contributed by atoms with E-state index in [4.69, 9.17) is 12.2 Å². The van der Waals surface area contributed by atoms with Crippen LogP contribution in [0.5, 0.6) is 5.88 Å². The van der Waals surface area contributed by atoms with Crippen molar-refractivity contribution in [2.75, 3.05) is 0 Å². The summed E-state index contributed by atoms with van der Waals surface area (Å²) >= 11 is 5.29. The molecule has 1 aromatic heterocycles. The molecule has 1 aliphatic heterocycles. The lowest BCUT2D eigenvalue weighted by molar-refractivity contribution is 0.432. The molecule has 2 aromatic carbocycles. The maximum atomic E-state index is 12.5. The van der Waals surface area contributed by atoms with Gasteiger partial charge in [-0.25, -0.2) is 0 Å². The summed E-state index contributed by atoms with van der Waals surface area (Å²) in [4.78, 5) is 19.5. The molecule has 0 radical (unpaired) electrons. The highest BCUT2D eigenvalue weighted by Crippen LogP contribution is 2.33. The molecule has 0 unspecified atom stereocenters. The molecule has 0 spiro atoms. The van der Waals surface area contributed by atoms with Crippen LogP contribution >= 0.6 is 12.2 Å². The average molecular weight is 375 g/mol. The van der Waals surface area contributed by atoms with E-state index < -0.39 is 5.56 Å². The number of aryl methyl sites for hydroxylation is 2. The van der Waals surface area contributed by atoms with Gasteiger partial charge in [-0.2, -0.15) is 0 Å². The van der Waals surface area contributed by atoms with Crippen LogP contribution in [0, 0.1) is 18.6 Å². The largest absolute Gasteiger partial charge is 0.494 e. The summed E-state index contributed by atoms with van der Waals surface area (Å²) in [7, 11) is 0. The monoisotopic (exact) mass is 375 g/mol. The Labute approximate surface area is 161 Å². The van der Waals surface area contributed by atoms with Gasteiger partial charge in [-0.15, -0.1) is 0 Å². The fourth-order valence-electron chi connectivity index (χ4n) is 3.08. The molecule has 5 nitrogen and oxygen atoms in total. The average Bonchev–Trinajstić information content (AvgIpc) is 3.04. The first-order chi connectivity index (χ1) is 13.0. The number of nitrogens with one attached hydrogen (secondary N) is 1. The van der Waals surface area contributed by atoms with Crippen molar-refractivity contribution in [3.05, 3.63) is 79.8 Å². The number of aromatic amines is 1. The zero-order chi connectivity index (χ0) is 19.1. The van der Waals surface area contributed by atoms with Gasteiger partial charge in [-0.3, -0.25) is 19.3 Å². The number of nitrogens with zero attached hydrogens (tertiary/aromatic N) is 2. The standard InChI is InChI=1S/C21H17N3O2S/c1-12-7-8-15(9-13(12)2)24-20(26)17(19(25)23-21(24)27)10-14-11-22-18-6-4-3-5-16(14)18/h3-11,26H,1-2H3,(H,23,25,27)/b14-10+. The Hall–Kier alpha value is -3.25. The maximum absolute atomic E-state index is 12.5. The van der Waals surface area contributed by atoms with Gasteiger partial charge in [-0.05, 0) is 61.5 Å². The Morgan fingerprint density at radius 3 is 2.70 bits per heavy atom. The molecular weight excluding hydrogens is 358 g/mol. The molecule has 3 aromatic rings. The second kappa shape index (κ2) is 6.48. The Bertz CT molecular complexity index is 1250. The fourth-order valence-corrected chi connectivity index (χ4v) is 3.37. The molecule has 27 heavy (non-hydrogen) atoms. The molecule has 0 atom stereocenters. The Kier molecular flexibility index (Phi) is 4.12. The minimum absolute atomic E-state index is 0.139. The number of H-pyrrole nitrogens is 1. The minimum atomic E-state index is -0.442. The van der Waals surface area contributed by atoms with E-state index in [1.54, 1.807) is 12.3 Å². The van der Waals surface area contributed by atoms with Crippen LogP contribution in [0.4, 0.5) is 5.69 Å². The molecule has 4 rings (SSSR count). The van der Waals surface area contributed by atoms with Crippen molar-refractivity contribution in [2.45, 2.75) is 13.8 Å². The van der Waals surface area contributed by atoms with Crippen LogP contribution in [0.1, 0.15) is 22.3 Å². The molecule has 0 fully saturated rings. The van der Waals surface area contributed by atoms with Crippen molar-refractivity contribution in [1.29, 1.82) is 0 Å². The van der Waals surface area contributed by atoms with Gasteiger partial charge in [-0.1, -0.05) is 24.3 Å². The number of aliphatic imine (C=N–C) groups is 1. The van der Waals surface area contributed by atoms with Crippen LogP contribution in [-0.4, -0.2) is 20.9 Å². The summed E-state index contributed by atoms with van der Waals surface area (Å²) < 4.78 is 1.61. The fraction of sp³-hybridized carbons (Fsp3) is 0.0952. The van der Waals surface area contributed by atoms with Gasteiger partial charge in [0.05, 0.1) is 11.4 Å². The molecular formula is C21H17N3O2S. The molecule has 0 saturated heterocycles. The predicted molar refractivity (Wildman–Crippen MR) is 111 cm³/mol. The molecule has 0 amide bonds. The predicted octanol–water partition coefficient (Wildman–Crippen LogP) is 4.47. The normalized spacial score (nSPS) is 13.9. The number of aromatic hydroxyl groups is 1. The van der Waals surface area contributed by atoms with Gasteiger partial charge < -0.3 is 5.11 Å². The van der Waals surface area contributed by atoms with Crippen molar-refractivity contribution in [3.63, 3.8) is 0 Å². The number of hydrogen-bond acceptors (Lipinski definition) is 4. The van der Waals surface area contributed by atoms with Crippen molar-refractivity contribution < 1.29 is 5.11 Å². The van der Waals surface area contributed by atoms with Crippen LogP contribution in [0.2, 0.25) is 0 Å². The molecule has 0 saturated carbocycles. The lowest BCUT2D eigenvalue weighted by Crippen LogP contribution is -2.16. The number of benzene rings is 2. The zero-order valence-corrected chi connectivity index (χ0v) is 15.7. The van der Waals surface area contributed by atoms with E-state index in [1.807, 2.05) is 56.3 Å². The topological polar surface area (TPSA) is 70.4 Å². The third-order valence-corrected chi connectivity index (χ3v) is 5.01. The summed E-state index contributed by atoms with van der Waals surface area (Å²) in [6.07, 6.45) is 3.32. The van der Waals surface area contributed by atoms with Crippen molar-refractivity contribution >= 4 is 35.8 Å². The van der Waals surface area contributed by atoms with Crippen LogP contribution < -0.4 is 5.56 Å². The first kappa shape index (κ1) is 17.2.